The monoisotopic (exact) mass is 305 g/mol. The zero-order valence-corrected chi connectivity index (χ0v) is 13.2. The predicted molar refractivity (Wildman–Crippen MR) is 85.0 cm³/mol. The number of hydrogen-bond donors (Lipinski definition) is 1. The molecule has 0 aromatic heterocycles. The fourth-order valence-electron chi connectivity index (χ4n) is 2.89. The van der Waals surface area contributed by atoms with Gasteiger partial charge in [-0.05, 0) is 51.8 Å². The molecule has 1 heterocycles. The second kappa shape index (κ2) is 7.35. The van der Waals surface area contributed by atoms with Crippen molar-refractivity contribution in [1.82, 2.24) is 10.2 Å². The van der Waals surface area contributed by atoms with Crippen LogP contribution in [0.1, 0.15) is 35.2 Å². The third-order valence-electron chi connectivity index (χ3n) is 4.36. The van der Waals surface area contributed by atoms with E-state index in [2.05, 4.69) is 5.32 Å². The van der Waals surface area contributed by atoms with Crippen LogP contribution in [0.2, 0.25) is 0 Å². The molecule has 0 unspecified atom stereocenters. The summed E-state index contributed by atoms with van der Waals surface area (Å²) in [5.74, 6) is 0.555. The van der Waals surface area contributed by atoms with E-state index >= 15 is 0 Å². The number of aryl methyl sites for hydroxylation is 1. The number of rotatable bonds is 5. The van der Waals surface area contributed by atoms with Crippen LogP contribution < -0.4 is 5.32 Å². The van der Waals surface area contributed by atoms with Gasteiger partial charge in [0.1, 0.15) is 0 Å². The van der Waals surface area contributed by atoms with Crippen molar-refractivity contribution in [3.05, 3.63) is 39.4 Å². The van der Waals surface area contributed by atoms with Gasteiger partial charge in [-0.3, -0.25) is 14.9 Å². The van der Waals surface area contributed by atoms with Gasteiger partial charge in [0.05, 0.1) is 4.92 Å². The molecular formula is C16H23N3O3. The molecular weight excluding hydrogens is 282 g/mol. The SMILES string of the molecule is CNCCC1CCN(C(=O)c2ccc(C)c([N+](=O)[O-])c2)CC1. The summed E-state index contributed by atoms with van der Waals surface area (Å²) in [6, 6.07) is 4.72. The number of hydrogen-bond acceptors (Lipinski definition) is 4. The lowest BCUT2D eigenvalue weighted by Gasteiger charge is -2.32. The molecule has 0 spiro atoms. The molecule has 22 heavy (non-hydrogen) atoms. The van der Waals surface area contributed by atoms with Gasteiger partial charge >= 0.3 is 0 Å². The normalized spacial score (nSPS) is 15.8. The summed E-state index contributed by atoms with van der Waals surface area (Å²) in [5.41, 5.74) is 0.994. The highest BCUT2D eigenvalue weighted by molar-refractivity contribution is 5.95. The fourth-order valence-corrected chi connectivity index (χ4v) is 2.89. The van der Waals surface area contributed by atoms with E-state index in [0.717, 1.165) is 38.9 Å². The molecule has 0 bridgehead atoms. The standard InChI is InChI=1S/C16H23N3O3/c1-12-3-4-14(11-15(12)19(21)22)16(20)18-9-6-13(7-10-18)5-8-17-2/h3-4,11,13,17H,5-10H2,1-2H3. The quantitative estimate of drug-likeness (QED) is 0.669. The van der Waals surface area contributed by atoms with Gasteiger partial charge in [0.25, 0.3) is 11.6 Å². The highest BCUT2D eigenvalue weighted by Gasteiger charge is 2.24. The van der Waals surface area contributed by atoms with Crippen LogP contribution in [-0.2, 0) is 0 Å². The van der Waals surface area contributed by atoms with Gasteiger partial charge in [-0.2, -0.15) is 0 Å². The van der Waals surface area contributed by atoms with Crippen LogP contribution in [0.3, 0.4) is 0 Å². The van der Waals surface area contributed by atoms with E-state index in [1.54, 1.807) is 19.1 Å². The summed E-state index contributed by atoms with van der Waals surface area (Å²) in [6.45, 7) is 4.15. The summed E-state index contributed by atoms with van der Waals surface area (Å²) in [6.07, 6.45) is 3.14. The van der Waals surface area contributed by atoms with E-state index in [1.807, 2.05) is 11.9 Å². The van der Waals surface area contributed by atoms with Gasteiger partial charge in [0.2, 0.25) is 0 Å². The van der Waals surface area contributed by atoms with Crippen molar-refractivity contribution in [1.29, 1.82) is 0 Å². The molecule has 0 saturated carbocycles. The van der Waals surface area contributed by atoms with Crippen LogP contribution in [0.5, 0.6) is 0 Å². The van der Waals surface area contributed by atoms with Gasteiger partial charge in [-0.1, -0.05) is 6.07 Å². The molecule has 6 nitrogen and oxygen atoms in total. The summed E-state index contributed by atoms with van der Waals surface area (Å²) in [4.78, 5) is 24.9. The number of carbonyl (C=O) groups is 1. The molecule has 1 aliphatic heterocycles. The van der Waals surface area contributed by atoms with Crippen molar-refractivity contribution >= 4 is 11.6 Å². The average Bonchev–Trinajstić information content (AvgIpc) is 2.53. The van der Waals surface area contributed by atoms with Gasteiger partial charge in [-0.15, -0.1) is 0 Å². The second-order valence-electron chi connectivity index (χ2n) is 5.89. The lowest BCUT2D eigenvalue weighted by atomic mass is 9.93. The Hall–Kier alpha value is -1.95. The van der Waals surface area contributed by atoms with Crippen molar-refractivity contribution in [3.63, 3.8) is 0 Å². The second-order valence-corrected chi connectivity index (χ2v) is 5.89. The molecule has 2 rings (SSSR count). The zero-order chi connectivity index (χ0) is 16.1. The first-order chi connectivity index (χ1) is 10.5. The van der Waals surface area contributed by atoms with E-state index in [4.69, 9.17) is 0 Å². The minimum Gasteiger partial charge on any atom is -0.339 e. The Balaban J connectivity index is 2.01. The Labute approximate surface area is 130 Å². The number of nitro groups is 1. The van der Waals surface area contributed by atoms with E-state index in [9.17, 15) is 14.9 Å². The minimum atomic E-state index is -0.434. The van der Waals surface area contributed by atoms with Gasteiger partial charge in [-0.25, -0.2) is 0 Å². The number of likely N-dealkylation sites (tertiary alicyclic amines) is 1. The van der Waals surface area contributed by atoms with Crippen LogP contribution in [0.4, 0.5) is 5.69 Å². The molecule has 0 aliphatic carbocycles. The summed E-state index contributed by atoms with van der Waals surface area (Å²) < 4.78 is 0. The molecule has 1 fully saturated rings. The highest BCUT2D eigenvalue weighted by atomic mass is 16.6. The lowest BCUT2D eigenvalue weighted by Crippen LogP contribution is -2.39. The van der Waals surface area contributed by atoms with Crippen molar-refractivity contribution in [2.45, 2.75) is 26.2 Å². The first-order valence-corrected chi connectivity index (χ1v) is 7.72. The molecule has 1 aromatic carbocycles. The molecule has 1 amide bonds. The van der Waals surface area contributed by atoms with E-state index in [-0.39, 0.29) is 11.6 Å². The summed E-state index contributed by atoms with van der Waals surface area (Å²) in [5, 5.41) is 14.1. The van der Waals surface area contributed by atoms with Crippen molar-refractivity contribution in [2.24, 2.45) is 5.92 Å². The summed E-state index contributed by atoms with van der Waals surface area (Å²) >= 11 is 0. The van der Waals surface area contributed by atoms with E-state index in [0.29, 0.717) is 17.0 Å². The smallest absolute Gasteiger partial charge is 0.273 e. The Morgan fingerprint density at radius 1 is 1.41 bits per heavy atom. The topological polar surface area (TPSA) is 75.5 Å². The largest absolute Gasteiger partial charge is 0.339 e. The molecule has 1 aliphatic rings. The lowest BCUT2D eigenvalue weighted by molar-refractivity contribution is -0.385. The van der Waals surface area contributed by atoms with E-state index < -0.39 is 4.92 Å². The van der Waals surface area contributed by atoms with Crippen LogP contribution >= 0.6 is 0 Å². The maximum atomic E-state index is 12.5. The number of carbonyl (C=O) groups excluding carboxylic acids is 1. The highest BCUT2D eigenvalue weighted by Crippen LogP contribution is 2.24. The van der Waals surface area contributed by atoms with Crippen molar-refractivity contribution < 1.29 is 9.72 Å². The molecule has 1 N–H and O–H groups in total. The van der Waals surface area contributed by atoms with Crippen LogP contribution in [-0.4, -0.2) is 42.4 Å². The Morgan fingerprint density at radius 3 is 2.68 bits per heavy atom. The van der Waals surface area contributed by atoms with Gasteiger partial charge in [0.15, 0.2) is 0 Å². The van der Waals surface area contributed by atoms with Crippen molar-refractivity contribution in [2.75, 3.05) is 26.7 Å². The average molecular weight is 305 g/mol. The Morgan fingerprint density at radius 2 is 2.09 bits per heavy atom. The third kappa shape index (κ3) is 3.82. The van der Waals surface area contributed by atoms with Crippen LogP contribution in [0.15, 0.2) is 18.2 Å². The third-order valence-corrected chi connectivity index (χ3v) is 4.36. The first kappa shape index (κ1) is 16.4. The molecule has 1 aromatic rings. The number of benzene rings is 1. The van der Waals surface area contributed by atoms with Crippen LogP contribution in [0.25, 0.3) is 0 Å². The number of amides is 1. The zero-order valence-electron chi connectivity index (χ0n) is 13.2. The Kier molecular flexibility index (Phi) is 5.49. The van der Waals surface area contributed by atoms with Crippen LogP contribution in [0, 0.1) is 23.0 Å². The molecule has 120 valence electrons. The number of nitrogens with zero attached hydrogens (tertiary/aromatic N) is 2. The fraction of sp³-hybridized carbons (Fsp3) is 0.562. The minimum absolute atomic E-state index is 0.00903. The number of piperidine rings is 1. The Bertz CT molecular complexity index is 552. The maximum Gasteiger partial charge on any atom is 0.273 e. The number of nitrogens with one attached hydrogen (secondary N) is 1. The van der Waals surface area contributed by atoms with Gasteiger partial charge < -0.3 is 10.2 Å². The molecule has 6 heteroatoms. The van der Waals surface area contributed by atoms with Gasteiger partial charge in [0, 0.05) is 30.3 Å². The molecule has 0 radical (unpaired) electrons. The maximum absolute atomic E-state index is 12.5. The summed E-state index contributed by atoms with van der Waals surface area (Å²) in [7, 11) is 1.95. The molecule has 0 atom stereocenters. The predicted octanol–water partition coefficient (Wildman–Crippen LogP) is 2.36. The number of nitro benzene ring substituents is 1. The first-order valence-electron chi connectivity index (χ1n) is 7.72. The van der Waals surface area contributed by atoms with E-state index in [1.165, 1.54) is 6.07 Å². The molecule has 1 saturated heterocycles. The van der Waals surface area contributed by atoms with Crippen molar-refractivity contribution in [3.8, 4) is 0 Å².